The van der Waals surface area contributed by atoms with Crippen LogP contribution in [0.3, 0.4) is 0 Å². The molecule has 1 amide bonds. The van der Waals surface area contributed by atoms with Crippen LogP contribution in [0.2, 0.25) is 0 Å². The standard InChI is InChI=1S/C21H21F3N6O/c1-12(2)30-9-13(8-27-30)21(31)28-19-18(16-7-14(22)3-4-17(16)24)25-11-26-20(19)29-6-5-15(23)10-29/h3-4,7-9,11-12,15H,5-6,10H2,1-2H3,(H,28,31). The molecule has 1 aromatic carbocycles. The molecule has 10 heteroatoms. The van der Waals surface area contributed by atoms with Crippen molar-refractivity contribution < 1.29 is 18.0 Å². The molecule has 4 rings (SSSR count). The molecule has 3 heterocycles. The van der Waals surface area contributed by atoms with Crippen molar-refractivity contribution in [3.63, 3.8) is 0 Å². The number of aromatic nitrogens is 4. The highest BCUT2D eigenvalue weighted by molar-refractivity contribution is 6.07. The predicted octanol–water partition coefficient (Wildman–Crippen LogP) is 4.00. The van der Waals surface area contributed by atoms with Crippen molar-refractivity contribution >= 4 is 17.4 Å². The van der Waals surface area contributed by atoms with Crippen LogP contribution >= 0.6 is 0 Å². The van der Waals surface area contributed by atoms with Crippen LogP contribution in [0.15, 0.2) is 36.9 Å². The molecule has 0 radical (unpaired) electrons. The van der Waals surface area contributed by atoms with Gasteiger partial charge in [0.15, 0.2) is 5.82 Å². The minimum Gasteiger partial charge on any atom is -0.352 e. The lowest BCUT2D eigenvalue weighted by molar-refractivity contribution is 0.102. The van der Waals surface area contributed by atoms with E-state index in [-0.39, 0.29) is 40.9 Å². The van der Waals surface area contributed by atoms with Crippen LogP contribution in [0, 0.1) is 11.6 Å². The number of nitrogens with zero attached hydrogens (tertiary/aromatic N) is 5. The average Bonchev–Trinajstić information content (AvgIpc) is 3.39. The first kappa shape index (κ1) is 20.8. The fourth-order valence-corrected chi connectivity index (χ4v) is 3.45. The van der Waals surface area contributed by atoms with Crippen LogP contribution in [-0.2, 0) is 0 Å². The molecule has 1 N–H and O–H groups in total. The van der Waals surface area contributed by atoms with Crippen molar-refractivity contribution in [2.45, 2.75) is 32.5 Å². The number of benzene rings is 1. The van der Waals surface area contributed by atoms with Gasteiger partial charge in [-0.3, -0.25) is 9.48 Å². The smallest absolute Gasteiger partial charge is 0.259 e. The van der Waals surface area contributed by atoms with Crippen molar-refractivity contribution in [3.8, 4) is 11.3 Å². The van der Waals surface area contributed by atoms with Gasteiger partial charge in [-0.25, -0.2) is 23.1 Å². The van der Waals surface area contributed by atoms with Crippen LogP contribution in [0.25, 0.3) is 11.3 Å². The minimum atomic E-state index is -1.04. The Morgan fingerprint density at radius 1 is 1.26 bits per heavy atom. The van der Waals surface area contributed by atoms with E-state index < -0.39 is 23.7 Å². The number of anilines is 2. The normalized spacial score (nSPS) is 16.2. The van der Waals surface area contributed by atoms with E-state index in [4.69, 9.17) is 0 Å². The quantitative estimate of drug-likeness (QED) is 0.662. The highest BCUT2D eigenvalue weighted by atomic mass is 19.1. The Morgan fingerprint density at radius 3 is 2.74 bits per heavy atom. The summed E-state index contributed by atoms with van der Waals surface area (Å²) in [5, 5.41) is 6.86. The first-order valence-corrected chi connectivity index (χ1v) is 9.88. The van der Waals surface area contributed by atoms with E-state index in [1.54, 1.807) is 15.8 Å². The van der Waals surface area contributed by atoms with Gasteiger partial charge in [0.1, 0.15) is 35.5 Å². The zero-order valence-corrected chi connectivity index (χ0v) is 17.0. The number of alkyl halides is 1. The lowest BCUT2D eigenvalue weighted by Crippen LogP contribution is -2.24. The number of carbonyl (C=O) groups excluding carboxylic acids is 1. The molecule has 1 fully saturated rings. The van der Waals surface area contributed by atoms with Crippen LogP contribution < -0.4 is 10.2 Å². The number of nitrogens with one attached hydrogen (secondary N) is 1. The summed E-state index contributed by atoms with van der Waals surface area (Å²) in [5.41, 5.74) is 0.240. The summed E-state index contributed by atoms with van der Waals surface area (Å²) < 4.78 is 43.9. The Bertz CT molecular complexity index is 1120. The van der Waals surface area contributed by atoms with E-state index in [1.165, 1.54) is 12.5 Å². The monoisotopic (exact) mass is 430 g/mol. The van der Waals surface area contributed by atoms with Gasteiger partial charge in [-0.15, -0.1) is 0 Å². The van der Waals surface area contributed by atoms with Gasteiger partial charge in [-0.1, -0.05) is 0 Å². The topological polar surface area (TPSA) is 75.9 Å². The first-order chi connectivity index (χ1) is 14.8. The Labute approximate surface area is 176 Å². The molecule has 2 aromatic heterocycles. The lowest BCUT2D eigenvalue weighted by Gasteiger charge is -2.22. The van der Waals surface area contributed by atoms with E-state index in [2.05, 4.69) is 20.4 Å². The van der Waals surface area contributed by atoms with Gasteiger partial charge in [0.25, 0.3) is 5.91 Å². The maximum Gasteiger partial charge on any atom is 0.259 e. The van der Waals surface area contributed by atoms with Crippen molar-refractivity contribution in [1.29, 1.82) is 0 Å². The molecule has 0 saturated carbocycles. The second-order valence-electron chi connectivity index (χ2n) is 7.63. The third kappa shape index (κ3) is 4.23. The molecule has 3 aromatic rings. The van der Waals surface area contributed by atoms with Crippen LogP contribution in [0.5, 0.6) is 0 Å². The number of hydrogen-bond donors (Lipinski definition) is 1. The van der Waals surface area contributed by atoms with Crippen molar-refractivity contribution in [3.05, 3.63) is 54.1 Å². The Morgan fingerprint density at radius 2 is 2.06 bits per heavy atom. The van der Waals surface area contributed by atoms with Crippen molar-refractivity contribution in [2.75, 3.05) is 23.3 Å². The molecule has 1 aliphatic rings. The lowest BCUT2D eigenvalue weighted by atomic mass is 10.1. The molecular formula is C21H21F3N6O. The molecule has 31 heavy (non-hydrogen) atoms. The van der Waals surface area contributed by atoms with Gasteiger partial charge >= 0.3 is 0 Å². The zero-order valence-electron chi connectivity index (χ0n) is 17.0. The van der Waals surface area contributed by atoms with E-state index in [0.717, 1.165) is 18.2 Å². The van der Waals surface area contributed by atoms with Gasteiger partial charge in [0.05, 0.1) is 18.3 Å². The molecule has 162 valence electrons. The number of halogens is 3. The molecule has 1 saturated heterocycles. The van der Waals surface area contributed by atoms with Crippen molar-refractivity contribution in [2.24, 2.45) is 0 Å². The molecule has 1 unspecified atom stereocenters. The molecule has 0 bridgehead atoms. The minimum absolute atomic E-state index is 0.00825. The summed E-state index contributed by atoms with van der Waals surface area (Å²) >= 11 is 0. The maximum absolute atomic E-state index is 14.5. The predicted molar refractivity (Wildman–Crippen MR) is 110 cm³/mol. The maximum atomic E-state index is 14.5. The van der Waals surface area contributed by atoms with Crippen LogP contribution in [0.4, 0.5) is 24.7 Å². The fraction of sp³-hybridized carbons (Fsp3) is 0.333. The summed E-state index contributed by atoms with van der Waals surface area (Å²) in [6.45, 7) is 4.29. The van der Waals surface area contributed by atoms with E-state index in [0.29, 0.717) is 13.0 Å². The van der Waals surface area contributed by atoms with E-state index >= 15 is 0 Å². The molecule has 0 aliphatic carbocycles. The summed E-state index contributed by atoms with van der Waals surface area (Å²) in [7, 11) is 0. The van der Waals surface area contributed by atoms with Gasteiger partial charge < -0.3 is 10.2 Å². The highest BCUT2D eigenvalue weighted by Crippen LogP contribution is 2.36. The Balaban J connectivity index is 1.79. The van der Waals surface area contributed by atoms with Crippen LogP contribution in [0.1, 0.15) is 36.7 Å². The molecular weight excluding hydrogens is 409 g/mol. The molecule has 7 nitrogen and oxygen atoms in total. The summed E-state index contributed by atoms with van der Waals surface area (Å²) in [6.07, 6.45) is 3.45. The number of amides is 1. The fourth-order valence-electron chi connectivity index (χ4n) is 3.45. The van der Waals surface area contributed by atoms with Crippen LogP contribution in [-0.4, -0.2) is 44.9 Å². The van der Waals surface area contributed by atoms with Gasteiger partial charge in [0.2, 0.25) is 0 Å². The van der Waals surface area contributed by atoms with Crippen molar-refractivity contribution in [1.82, 2.24) is 19.7 Å². The second-order valence-corrected chi connectivity index (χ2v) is 7.63. The summed E-state index contributed by atoms with van der Waals surface area (Å²) in [4.78, 5) is 22.9. The van der Waals surface area contributed by atoms with E-state index in [1.807, 2.05) is 13.8 Å². The molecule has 1 atom stereocenters. The number of carbonyl (C=O) groups is 1. The first-order valence-electron chi connectivity index (χ1n) is 9.88. The second kappa shape index (κ2) is 8.37. The summed E-state index contributed by atoms with van der Waals surface area (Å²) in [5.74, 6) is -1.63. The largest absolute Gasteiger partial charge is 0.352 e. The Kier molecular flexibility index (Phi) is 5.62. The average molecular weight is 430 g/mol. The third-order valence-corrected chi connectivity index (χ3v) is 5.07. The highest BCUT2D eigenvalue weighted by Gasteiger charge is 2.28. The van der Waals surface area contributed by atoms with E-state index in [9.17, 15) is 18.0 Å². The van der Waals surface area contributed by atoms with Gasteiger partial charge in [0, 0.05) is 24.3 Å². The molecule has 0 spiro atoms. The Hall–Kier alpha value is -3.43. The number of rotatable bonds is 5. The molecule has 1 aliphatic heterocycles. The van der Waals surface area contributed by atoms with Gasteiger partial charge in [-0.2, -0.15) is 5.10 Å². The SMILES string of the molecule is CC(C)n1cc(C(=O)Nc2c(-c3cc(F)ccc3F)ncnc2N2CCC(F)C2)cn1. The third-order valence-electron chi connectivity index (χ3n) is 5.07. The number of hydrogen-bond acceptors (Lipinski definition) is 5. The summed E-state index contributed by atoms with van der Waals surface area (Å²) in [6, 6.07) is 3.03. The van der Waals surface area contributed by atoms with Gasteiger partial charge in [-0.05, 0) is 38.5 Å². The zero-order chi connectivity index (χ0) is 22.1.